The Balaban J connectivity index is 1.68. The van der Waals surface area contributed by atoms with Gasteiger partial charge in [-0.25, -0.2) is 4.68 Å². The lowest BCUT2D eigenvalue weighted by Gasteiger charge is -2.20. The van der Waals surface area contributed by atoms with E-state index in [9.17, 15) is 9.59 Å². The van der Waals surface area contributed by atoms with Crippen molar-refractivity contribution in [3.8, 4) is 0 Å². The highest BCUT2D eigenvalue weighted by atomic mass is 32.1. The molecule has 0 N–H and O–H groups in total. The van der Waals surface area contributed by atoms with Gasteiger partial charge in [-0.1, -0.05) is 0 Å². The lowest BCUT2D eigenvalue weighted by atomic mass is 10.3. The van der Waals surface area contributed by atoms with E-state index in [2.05, 4.69) is 11.2 Å². The minimum atomic E-state index is -0.260. The summed E-state index contributed by atoms with van der Waals surface area (Å²) in [7, 11) is 0. The van der Waals surface area contributed by atoms with Gasteiger partial charge in [0.1, 0.15) is 23.6 Å². The van der Waals surface area contributed by atoms with Crippen LogP contribution >= 0.6 is 11.3 Å². The van der Waals surface area contributed by atoms with Crippen molar-refractivity contribution in [2.75, 3.05) is 6.54 Å². The summed E-state index contributed by atoms with van der Waals surface area (Å²) >= 11 is 1.64. The molecule has 0 atom stereocenters. The number of likely N-dealkylation sites (N-methyl/N-ethyl adjacent to an activating group) is 1. The maximum Gasteiger partial charge on any atom is 0.291 e. The molecule has 7 nitrogen and oxygen atoms in total. The Labute approximate surface area is 159 Å². The molecule has 0 saturated heterocycles. The quantitative estimate of drug-likeness (QED) is 0.530. The molecule has 0 aromatic carbocycles. The monoisotopic (exact) mass is 384 g/mol. The molecule has 0 bridgehead atoms. The van der Waals surface area contributed by atoms with Gasteiger partial charge in [-0.05, 0) is 45.0 Å². The second-order valence-electron chi connectivity index (χ2n) is 6.47. The third-order valence-electron chi connectivity index (χ3n) is 4.60. The molecule has 140 valence electrons. The summed E-state index contributed by atoms with van der Waals surface area (Å²) in [5, 5.41) is 4.39. The normalized spacial score (nSPS) is 11.5. The lowest BCUT2D eigenvalue weighted by Crippen LogP contribution is -2.37. The lowest BCUT2D eigenvalue weighted by molar-refractivity contribution is -0.132. The molecule has 0 aliphatic heterocycles. The van der Waals surface area contributed by atoms with Gasteiger partial charge in [-0.2, -0.15) is 5.10 Å². The van der Waals surface area contributed by atoms with Crippen LogP contribution in [0.3, 0.4) is 0 Å². The number of hydrogen-bond donors (Lipinski definition) is 0. The third kappa shape index (κ3) is 3.06. The molecule has 8 heteroatoms. The number of amides is 1. The molecule has 1 amide bonds. The molecule has 4 aromatic rings. The van der Waals surface area contributed by atoms with E-state index in [1.807, 2.05) is 37.3 Å². The van der Waals surface area contributed by atoms with Crippen LogP contribution in [-0.4, -0.2) is 31.5 Å². The van der Waals surface area contributed by atoms with Crippen molar-refractivity contribution in [1.29, 1.82) is 0 Å². The van der Waals surface area contributed by atoms with E-state index in [0.29, 0.717) is 30.2 Å². The van der Waals surface area contributed by atoms with Crippen LogP contribution in [0.15, 0.2) is 39.7 Å². The zero-order valence-corrected chi connectivity index (χ0v) is 16.2. The summed E-state index contributed by atoms with van der Waals surface area (Å²) in [5.74, 6) is 1.22. The van der Waals surface area contributed by atoms with Crippen LogP contribution < -0.4 is 5.56 Å². The number of carbonyl (C=O) groups is 1. The SMILES string of the molecule is CCN(Cc1ccco1)C(=O)Cn1nc(C)n2c(cc3sc(C)cc32)c1=O. The van der Waals surface area contributed by atoms with Crippen molar-refractivity contribution in [3.05, 3.63) is 57.3 Å². The highest BCUT2D eigenvalue weighted by Crippen LogP contribution is 2.27. The first-order valence-corrected chi connectivity index (χ1v) is 9.59. The zero-order chi connectivity index (χ0) is 19.1. The van der Waals surface area contributed by atoms with Gasteiger partial charge in [0, 0.05) is 11.4 Å². The minimum Gasteiger partial charge on any atom is -0.467 e. The molecule has 0 aliphatic rings. The number of fused-ring (bicyclic) bond motifs is 3. The Morgan fingerprint density at radius 2 is 2.11 bits per heavy atom. The fourth-order valence-electron chi connectivity index (χ4n) is 3.32. The smallest absolute Gasteiger partial charge is 0.291 e. The number of aromatic nitrogens is 3. The standard InChI is InChI=1S/C19H20N4O3S/c1-4-21(10-14-6-5-7-26-14)18(24)11-22-19(25)16-9-17-15(8-12(2)27-17)23(16)13(3)20-22/h5-9H,4,10-11H2,1-3H3. The fraction of sp³-hybridized carbons (Fsp3) is 0.316. The molecular formula is C19H20N4O3S. The molecule has 0 saturated carbocycles. The van der Waals surface area contributed by atoms with Gasteiger partial charge < -0.3 is 9.32 Å². The maximum absolute atomic E-state index is 12.9. The van der Waals surface area contributed by atoms with Crippen molar-refractivity contribution in [3.63, 3.8) is 0 Å². The predicted molar refractivity (Wildman–Crippen MR) is 104 cm³/mol. The van der Waals surface area contributed by atoms with Crippen LogP contribution in [-0.2, 0) is 17.9 Å². The highest BCUT2D eigenvalue weighted by Gasteiger charge is 2.18. The van der Waals surface area contributed by atoms with Crippen molar-refractivity contribution >= 4 is 33.0 Å². The average Bonchev–Trinajstić information content (AvgIpc) is 3.32. The van der Waals surface area contributed by atoms with E-state index >= 15 is 0 Å². The van der Waals surface area contributed by atoms with Crippen LogP contribution in [0, 0.1) is 13.8 Å². The van der Waals surface area contributed by atoms with E-state index < -0.39 is 0 Å². The molecule has 0 spiro atoms. The Morgan fingerprint density at radius 1 is 1.30 bits per heavy atom. The molecule has 4 heterocycles. The first-order valence-electron chi connectivity index (χ1n) is 8.77. The van der Waals surface area contributed by atoms with Gasteiger partial charge >= 0.3 is 0 Å². The van der Waals surface area contributed by atoms with Gasteiger partial charge in [0.25, 0.3) is 5.56 Å². The van der Waals surface area contributed by atoms with E-state index in [1.54, 1.807) is 28.6 Å². The molecule has 27 heavy (non-hydrogen) atoms. The molecule has 4 rings (SSSR count). The number of nitrogens with zero attached hydrogens (tertiary/aromatic N) is 4. The van der Waals surface area contributed by atoms with Gasteiger partial charge in [0.05, 0.1) is 23.0 Å². The number of carbonyl (C=O) groups excluding carboxylic acids is 1. The Bertz CT molecular complexity index is 1180. The summed E-state index contributed by atoms with van der Waals surface area (Å²) in [5.41, 5.74) is 1.27. The first kappa shape index (κ1) is 17.5. The van der Waals surface area contributed by atoms with Crippen LogP contribution in [0.25, 0.3) is 15.7 Å². The number of rotatable bonds is 5. The minimum absolute atomic E-state index is 0.0947. The fourth-order valence-corrected chi connectivity index (χ4v) is 4.26. The molecule has 0 fully saturated rings. The van der Waals surface area contributed by atoms with E-state index in [1.165, 1.54) is 9.56 Å². The van der Waals surface area contributed by atoms with Gasteiger partial charge in [0.15, 0.2) is 0 Å². The number of thiophene rings is 1. The van der Waals surface area contributed by atoms with Crippen LogP contribution in [0.5, 0.6) is 0 Å². The molecule has 4 aromatic heterocycles. The van der Waals surface area contributed by atoms with Crippen LogP contribution in [0.1, 0.15) is 23.4 Å². The second kappa shape index (κ2) is 6.70. The van der Waals surface area contributed by atoms with Crippen molar-refractivity contribution in [2.24, 2.45) is 0 Å². The molecule has 0 unspecified atom stereocenters. The topological polar surface area (TPSA) is 72.8 Å². The molecular weight excluding hydrogens is 364 g/mol. The van der Waals surface area contributed by atoms with Crippen molar-refractivity contribution in [2.45, 2.75) is 33.9 Å². The molecule has 0 aliphatic carbocycles. The van der Waals surface area contributed by atoms with E-state index in [0.717, 1.165) is 10.2 Å². The average molecular weight is 384 g/mol. The number of furan rings is 1. The maximum atomic E-state index is 12.9. The second-order valence-corrected chi connectivity index (χ2v) is 7.76. The largest absolute Gasteiger partial charge is 0.467 e. The summed E-state index contributed by atoms with van der Waals surface area (Å²) in [4.78, 5) is 28.4. The highest BCUT2D eigenvalue weighted by molar-refractivity contribution is 7.19. The summed E-state index contributed by atoms with van der Waals surface area (Å²) in [6.07, 6.45) is 1.58. The van der Waals surface area contributed by atoms with E-state index in [4.69, 9.17) is 4.42 Å². The van der Waals surface area contributed by atoms with Crippen LogP contribution in [0.2, 0.25) is 0 Å². The van der Waals surface area contributed by atoms with Gasteiger partial charge in [-0.3, -0.25) is 14.0 Å². The van der Waals surface area contributed by atoms with Gasteiger partial charge in [0.2, 0.25) is 5.91 Å². The summed E-state index contributed by atoms with van der Waals surface area (Å²) < 4.78 is 9.49. The third-order valence-corrected chi connectivity index (χ3v) is 5.59. The zero-order valence-electron chi connectivity index (χ0n) is 15.4. The van der Waals surface area contributed by atoms with Crippen LogP contribution in [0.4, 0.5) is 0 Å². The number of hydrogen-bond acceptors (Lipinski definition) is 5. The molecule has 0 radical (unpaired) electrons. The van der Waals surface area contributed by atoms with Crippen molar-refractivity contribution in [1.82, 2.24) is 19.1 Å². The number of aryl methyl sites for hydroxylation is 2. The summed E-state index contributed by atoms with van der Waals surface area (Å²) in [6.45, 7) is 6.59. The van der Waals surface area contributed by atoms with E-state index in [-0.39, 0.29) is 18.0 Å². The summed E-state index contributed by atoms with van der Waals surface area (Å²) in [6, 6.07) is 7.55. The Hall–Kier alpha value is -2.87. The Kier molecular flexibility index (Phi) is 4.35. The van der Waals surface area contributed by atoms with Gasteiger partial charge in [-0.15, -0.1) is 11.3 Å². The van der Waals surface area contributed by atoms with Crippen molar-refractivity contribution < 1.29 is 9.21 Å². The predicted octanol–water partition coefficient (Wildman–Crippen LogP) is 2.97. The first-order chi connectivity index (χ1) is 13.0. The Morgan fingerprint density at radius 3 is 2.81 bits per heavy atom.